The van der Waals surface area contributed by atoms with Crippen LogP contribution in [0.3, 0.4) is 0 Å². The van der Waals surface area contributed by atoms with E-state index in [2.05, 4.69) is 0 Å². The van der Waals surface area contributed by atoms with Crippen LogP contribution >= 0.6 is 23.2 Å². The van der Waals surface area contributed by atoms with Crippen molar-refractivity contribution in [2.24, 2.45) is 17.8 Å². The molecule has 45 heavy (non-hydrogen) atoms. The summed E-state index contributed by atoms with van der Waals surface area (Å²) in [5, 5.41) is 10.6. The zero-order valence-corrected chi connectivity index (χ0v) is 26.0. The van der Waals surface area contributed by atoms with Crippen LogP contribution in [-0.4, -0.2) is 43.4 Å². The fourth-order valence-electron chi connectivity index (χ4n) is 7.92. The summed E-state index contributed by atoms with van der Waals surface area (Å²) < 4.78 is 13.8. The molecule has 2 aliphatic heterocycles. The number of likely N-dealkylation sites (tertiary alicyclic amines) is 1. The molecule has 1 saturated carbocycles. The van der Waals surface area contributed by atoms with Crippen LogP contribution in [0.4, 0.5) is 10.1 Å². The second-order valence-corrected chi connectivity index (χ2v) is 13.7. The normalized spacial score (nSPS) is 30.7. The zero-order valence-electron chi connectivity index (χ0n) is 24.5. The number of anilines is 1. The summed E-state index contributed by atoms with van der Waals surface area (Å²) in [7, 11) is 0. The van der Waals surface area contributed by atoms with Crippen LogP contribution in [0.2, 0.25) is 0 Å². The Morgan fingerprint density at radius 2 is 1.53 bits per heavy atom. The minimum Gasteiger partial charge on any atom is -0.507 e. The van der Waals surface area contributed by atoms with E-state index in [1.165, 1.54) is 17.0 Å². The standard InChI is InChI=1S/C35H29Cl2FN2O5/c1-18-14-21(15-19(2)29(18)41)28-24-12-13-25-27(31(43)39(30(25)42)17-20-6-4-3-5-7-20)26(24)16-34(36)32(44)40(33(45)35(28,34)37)23-10-8-22(38)9-11-23/h3-12,14-15,25-28,41H,13,16-17H2,1-2H3. The van der Waals surface area contributed by atoms with Crippen molar-refractivity contribution in [1.29, 1.82) is 0 Å². The van der Waals surface area contributed by atoms with E-state index in [0.717, 1.165) is 22.6 Å². The number of carbonyl (C=O) groups excluding carboxylic acids is 4. The van der Waals surface area contributed by atoms with Crippen LogP contribution in [-0.2, 0) is 25.7 Å². The highest BCUT2D eigenvalue weighted by atomic mass is 35.5. The van der Waals surface area contributed by atoms with E-state index >= 15 is 0 Å². The van der Waals surface area contributed by atoms with Gasteiger partial charge in [0.2, 0.25) is 11.8 Å². The number of halogens is 3. The van der Waals surface area contributed by atoms with Crippen molar-refractivity contribution in [1.82, 2.24) is 4.90 Å². The molecule has 0 spiro atoms. The first kappa shape index (κ1) is 29.7. The third-order valence-electron chi connectivity index (χ3n) is 10.0. The Labute approximate surface area is 269 Å². The highest BCUT2D eigenvalue weighted by Crippen LogP contribution is 2.66. The number of phenols is 1. The Bertz CT molecular complexity index is 1810. The summed E-state index contributed by atoms with van der Waals surface area (Å²) in [5.74, 6) is -5.73. The smallest absolute Gasteiger partial charge is 0.258 e. The molecule has 4 amide bonds. The van der Waals surface area contributed by atoms with Gasteiger partial charge in [0, 0.05) is 5.92 Å². The van der Waals surface area contributed by atoms with Gasteiger partial charge in [-0.3, -0.25) is 24.1 Å². The van der Waals surface area contributed by atoms with Gasteiger partial charge in [-0.2, -0.15) is 0 Å². The van der Waals surface area contributed by atoms with Crippen molar-refractivity contribution in [3.63, 3.8) is 0 Å². The lowest BCUT2D eigenvalue weighted by molar-refractivity contribution is -0.141. The summed E-state index contributed by atoms with van der Waals surface area (Å²) in [6.45, 7) is 3.56. The number of benzene rings is 3. The highest BCUT2D eigenvalue weighted by Gasteiger charge is 2.76. The van der Waals surface area contributed by atoms with Crippen molar-refractivity contribution in [2.45, 2.75) is 48.9 Å². The van der Waals surface area contributed by atoms with Gasteiger partial charge in [0.05, 0.1) is 24.1 Å². The van der Waals surface area contributed by atoms with Crippen molar-refractivity contribution in [3.05, 3.63) is 106 Å². The third kappa shape index (κ3) is 4.08. The van der Waals surface area contributed by atoms with Gasteiger partial charge in [-0.15, -0.1) is 23.2 Å². The van der Waals surface area contributed by atoms with Gasteiger partial charge in [-0.05, 0) is 79.1 Å². The SMILES string of the molecule is Cc1cc(C2C3=CCC4C(=O)N(Cc5ccccc5)C(=O)C4C3CC3(Cl)C(=O)N(c4ccc(F)cc4)C(=O)C23Cl)cc(C)c1O. The van der Waals surface area contributed by atoms with Gasteiger partial charge in [-0.25, -0.2) is 9.29 Å². The molecule has 7 nitrogen and oxygen atoms in total. The Morgan fingerprint density at radius 1 is 0.889 bits per heavy atom. The average Bonchev–Trinajstić information content (AvgIpc) is 3.34. The molecule has 7 rings (SSSR count). The lowest BCUT2D eigenvalue weighted by Gasteiger charge is -2.50. The van der Waals surface area contributed by atoms with Crippen molar-refractivity contribution < 1.29 is 28.7 Å². The number of allylic oxidation sites excluding steroid dienone is 2. The van der Waals surface area contributed by atoms with E-state index in [1.54, 1.807) is 26.0 Å². The number of hydrogen-bond donors (Lipinski definition) is 1. The molecule has 4 aliphatic rings. The van der Waals surface area contributed by atoms with Crippen LogP contribution in [0, 0.1) is 37.4 Å². The summed E-state index contributed by atoms with van der Waals surface area (Å²) in [5.41, 5.74) is 3.22. The van der Waals surface area contributed by atoms with Crippen LogP contribution in [0.5, 0.6) is 5.75 Å². The zero-order chi connectivity index (χ0) is 32.0. The number of aromatic hydroxyl groups is 1. The summed E-state index contributed by atoms with van der Waals surface area (Å²) in [6, 6.07) is 17.6. The molecule has 3 fully saturated rings. The summed E-state index contributed by atoms with van der Waals surface area (Å²) in [6.07, 6.45) is 1.98. The number of nitrogens with zero attached hydrogens (tertiary/aromatic N) is 2. The molecule has 0 aromatic heterocycles. The van der Waals surface area contributed by atoms with Crippen LogP contribution in [0.15, 0.2) is 78.4 Å². The maximum Gasteiger partial charge on any atom is 0.258 e. The molecule has 2 saturated heterocycles. The fourth-order valence-corrected chi connectivity index (χ4v) is 8.85. The third-order valence-corrected chi connectivity index (χ3v) is 11.4. The lowest BCUT2D eigenvalue weighted by Crippen LogP contribution is -2.60. The molecule has 2 aliphatic carbocycles. The number of alkyl halides is 2. The molecule has 3 aromatic rings. The van der Waals surface area contributed by atoms with Crippen molar-refractivity contribution >= 4 is 52.5 Å². The van der Waals surface area contributed by atoms with Gasteiger partial charge in [-0.1, -0.05) is 54.1 Å². The highest BCUT2D eigenvalue weighted by molar-refractivity contribution is 6.58. The second-order valence-electron chi connectivity index (χ2n) is 12.5. The lowest BCUT2D eigenvalue weighted by atomic mass is 9.56. The molecule has 6 unspecified atom stereocenters. The average molecular weight is 648 g/mol. The second kappa shape index (κ2) is 10.3. The Hall–Kier alpha value is -4.01. The Balaban J connectivity index is 1.38. The first-order valence-corrected chi connectivity index (χ1v) is 15.6. The van der Waals surface area contributed by atoms with Gasteiger partial charge < -0.3 is 5.11 Å². The van der Waals surface area contributed by atoms with E-state index in [1.807, 2.05) is 36.4 Å². The monoisotopic (exact) mass is 646 g/mol. The molecule has 1 N–H and O–H groups in total. The van der Waals surface area contributed by atoms with E-state index < -0.39 is 51.1 Å². The summed E-state index contributed by atoms with van der Waals surface area (Å²) >= 11 is 14.8. The molecule has 0 bridgehead atoms. The number of carbonyl (C=O) groups is 4. The number of amides is 4. The van der Waals surface area contributed by atoms with Gasteiger partial charge in [0.25, 0.3) is 11.8 Å². The maximum absolute atomic E-state index is 14.4. The van der Waals surface area contributed by atoms with Gasteiger partial charge in [0.1, 0.15) is 11.6 Å². The topological polar surface area (TPSA) is 95.0 Å². The van der Waals surface area contributed by atoms with E-state index in [9.17, 15) is 28.7 Å². The molecule has 2 heterocycles. The van der Waals surface area contributed by atoms with Crippen molar-refractivity contribution in [3.8, 4) is 5.75 Å². The first-order chi connectivity index (χ1) is 21.4. The predicted octanol–water partition coefficient (Wildman–Crippen LogP) is 5.91. The number of imide groups is 2. The fraction of sp³-hybridized carbons (Fsp3) is 0.314. The van der Waals surface area contributed by atoms with Gasteiger partial charge >= 0.3 is 0 Å². The number of rotatable bonds is 4. The molecule has 0 radical (unpaired) electrons. The molecule has 10 heteroatoms. The molecular formula is C35H29Cl2FN2O5. The largest absolute Gasteiger partial charge is 0.507 e. The summed E-state index contributed by atoms with van der Waals surface area (Å²) in [4.78, 5) is 54.7. The van der Waals surface area contributed by atoms with Gasteiger partial charge in [0.15, 0.2) is 9.75 Å². The Morgan fingerprint density at radius 3 is 2.18 bits per heavy atom. The number of fused-ring (bicyclic) bond motifs is 4. The Kier molecular flexibility index (Phi) is 6.77. The molecule has 6 atom stereocenters. The molecular weight excluding hydrogens is 618 g/mol. The van der Waals surface area contributed by atoms with Crippen LogP contribution in [0.1, 0.15) is 41.0 Å². The van der Waals surface area contributed by atoms with Crippen LogP contribution in [0.25, 0.3) is 0 Å². The number of aryl methyl sites for hydroxylation is 2. The van der Waals surface area contributed by atoms with E-state index in [0.29, 0.717) is 22.3 Å². The first-order valence-electron chi connectivity index (χ1n) is 14.8. The molecule has 3 aromatic carbocycles. The minimum absolute atomic E-state index is 0.0828. The predicted molar refractivity (Wildman–Crippen MR) is 166 cm³/mol. The van der Waals surface area contributed by atoms with Crippen LogP contribution < -0.4 is 4.90 Å². The number of phenolic OH excluding ortho intramolecular Hbond substituents is 1. The van der Waals surface area contributed by atoms with Crippen molar-refractivity contribution in [2.75, 3.05) is 4.90 Å². The number of hydrogen-bond acceptors (Lipinski definition) is 5. The maximum atomic E-state index is 14.4. The minimum atomic E-state index is -2.03. The quantitative estimate of drug-likeness (QED) is 0.216. The van der Waals surface area contributed by atoms with E-state index in [-0.39, 0.29) is 42.6 Å². The van der Waals surface area contributed by atoms with E-state index in [4.69, 9.17) is 23.2 Å². The molecule has 230 valence electrons.